The van der Waals surface area contributed by atoms with Crippen LogP contribution in [-0.4, -0.2) is 30.5 Å². The topological polar surface area (TPSA) is 76.1 Å². The van der Waals surface area contributed by atoms with Crippen LogP contribution in [0, 0.1) is 6.92 Å². The summed E-state index contributed by atoms with van der Waals surface area (Å²) in [6.45, 7) is 4.56. The number of hydrogen-bond donors (Lipinski definition) is 1. The van der Waals surface area contributed by atoms with Gasteiger partial charge in [-0.2, -0.15) is 0 Å². The Bertz CT molecular complexity index is 1230. The number of aryl methyl sites for hydroxylation is 1. The van der Waals surface area contributed by atoms with Gasteiger partial charge in [-0.05, 0) is 43.2 Å². The number of nitrogens with zero attached hydrogens (tertiary/aromatic N) is 1. The van der Waals surface area contributed by atoms with E-state index in [0.717, 1.165) is 12.0 Å². The molecule has 0 aromatic heterocycles. The molecule has 1 saturated heterocycles. The first-order chi connectivity index (χ1) is 16.4. The van der Waals surface area contributed by atoms with E-state index in [4.69, 9.17) is 9.47 Å². The summed E-state index contributed by atoms with van der Waals surface area (Å²) in [5.41, 5.74) is 2.72. The lowest BCUT2D eigenvalue weighted by molar-refractivity contribution is -0.132. The molecule has 4 rings (SSSR count). The monoisotopic (exact) mass is 457 g/mol. The van der Waals surface area contributed by atoms with Gasteiger partial charge >= 0.3 is 0 Å². The summed E-state index contributed by atoms with van der Waals surface area (Å²) >= 11 is 0. The minimum Gasteiger partial charge on any atom is -0.507 e. The summed E-state index contributed by atoms with van der Waals surface area (Å²) in [5.74, 6) is -0.405. The number of amides is 1. The molecule has 1 aliphatic rings. The molecule has 1 aliphatic heterocycles. The van der Waals surface area contributed by atoms with Crippen LogP contribution >= 0.6 is 0 Å². The van der Waals surface area contributed by atoms with Crippen molar-refractivity contribution in [2.75, 3.05) is 18.6 Å². The number of ketones is 1. The molecule has 1 amide bonds. The summed E-state index contributed by atoms with van der Waals surface area (Å²) in [6, 6.07) is 20.6. The molecule has 1 fully saturated rings. The van der Waals surface area contributed by atoms with Gasteiger partial charge in [0.15, 0.2) is 0 Å². The molecule has 1 N–H and O–H groups in total. The number of benzene rings is 3. The predicted octanol–water partition coefficient (Wildman–Crippen LogP) is 5.42. The molecule has 174 valence electrons. The lowest BCUT2D eigenvalue weighted by Gasteiger charge is -2.26. The number of anilines is 1. The van der Waals surface area contributed by atoms with E-state index in [2.05, 4.69) is 0 Å². The van der Waals surface area contributed by atoms with Crippen LogP contribution in [0.3, 0.4) is 0 Å². The first-order valence-electron chi connectivity index (χ1n) is 11.2. The van der Waals surface area contributed by atoms with Gasteiger partial charge in [-0.15, -0.1) is 0 Å². The summed E-state index contributed by atoms with van der Waals surface area (Å²) in [5, 5.41) is 11.2. The Morgan fingerprint density at radius 2 is 1.68 bits per heavy atom. The van der Waals surface area contributed by atoms with Crippen molar-refractivity contribution in [1.82, 2.24) is 0 Å². The molecule has 1 unspecified atom stereocenters. The highest BCUT2D eigenvalue weighted by Crippen LogP contribution is 2.43. The second-order valence-corrected chi connectivity index (χ2v) is 8.15. The van der Waals surface area contributed by atoms with E-state index in [1.165, 1.54) is 12.0 Å². The molecule has 0 radical (unpaired) electrons. The van der Waals surface area contributed by atoms with Crippen LogP contribution in [0.25, 0.3) is 5.76 Å². The zero-order valence-electron chi connectivity index (χ0n) is 19.4. The van der Waals surface area contributed by atoms with Crippen molar-refractivity contribution >= 4 is 23.1 Å². The van der Waals surface area contributed by atoms with Crippen molar-refractivity contribution in [2.24, 2.45) is 0 Å². The molecular weight excluding hydrogens is 430 g/mol. The number of methoxy groups -OCH3 is 1. The van der Waals surface area contributed by atoms with Gasteiger partial charge in [0.25, 0.3) is 11.7 Å². The Kier molecular flexibility index (Phi) is 6.68. The minimum absolute atomic E-state index is 0.0406. The van der Waals surface area contributed by atoms with Gasteiger partial charge in [-0.1, -0.05) is 55.0 Å². The Morgan fingerprint density at radius 1 is 0.971 bits per heavy atom. The van der Waals surface area contributed by atoms with E-state index in [9.17, 15) is 14.7 Å². The van der Waals surface area contributed by atoms with Crippen LogP contribution in [0.4, 0.5) is 5.69 Å². The molecular formula is C28H27NO5. The Balaban J connectivity index is 1.87. The first-order valence-corrected chi connectivity index (χ1v) is 11.2. The number of ether oxygens (including phenoxy) is 2. The fourth-order valence-corrected chi connectivity index (χ4v) is 4.01. The highest BCUT2D eigenvalue weighted by atomic mass is 16.5. The van der Waals surface area contributed by atoms with Crippen molar-refractivity contribution < 1.29 is 24.2 Å². The number of carbonyl (C=O) groups excluding carboxylic acids is 2. The van der Waals surface area contributed by atoms with Crippen LogP contribution in [-0.2, 0) is 9.59 Å². The maximum atomic E-state index is 13.3. The van der Waals surface area contributed by atoms with Gasteiger partial charge < -0.3 is 14.6 Å². The molecule has 0 spiro atoms. The standard InChI is InChI=1S/C28H27NO5/c1-4-16-34-22-14-12-19(13-15-22)25-24(26(30)20-10-8-18(2)9-11-20)27(31)28(32)29(25)21-6-5-7-23(17-21)33-3/h5-15,17,25,30H,4,16H2,1-3H3/b26-24+. The van der Waals surface area contributed by atoms with Gasteiger partial charge in [0.2, 0.25) is 0 Å². The average molecular weight is 458 g/mol. The largest absolute Gasteiger partial charge is 0.507 e. The van der Waals surface area contributed by atoms with Crippen LogP contribution in [0.5, 0.6) is 11.5 Å². The van der Waals surface area contributed by atoms with E-state index in [0.29, 0.717) is 34.9 Å². The molecule has 1 atom stereocenters. The van der Waals surface area contributed by atoms with E-state index in [-0.39, 0.29) is 11.3 Å². The van der Waals surface area contributed by atoms with Crippen molar-refractivity contribution in [3.8, 4) is 11.5 Å². The molecule has 34 heavy (non-hydrogen) atoms. The van der Waals surface area contributed by atoms with Gasteiger partial charge in [-0.25, -0.2) is 0 Å². The number of rotatable bonds is 7. The summed E-state index contributed by atoms with van der Waals surface area (Å²) < 4.78 is 11.0. The number of carbonyl (C=O) groups is 2. The van der Waals surface area contributed by atoms with Gasteiger partial charge in [0.1, 0.15) is 17.3 Å². The summed E-state index contributed by atoms with van der Waals surface area (Å²) in [4.78, 5) is 27.9. The maximum Gasteiger partial charge on any atom is 0.300 e. The van der Waals surface area contributed by atoms with Gasteiger partial charge in [0.05, 0.1) is 25.3 Å². The molecule has 3 aromatic rings. The van der Waals surface area contributed by atoms with Crippen LogP contribution in [0.1, 0.15) is 36.1 Å². The molecule has 3 aromatic carbocycles. The minimum atomic E-state index is -0.811. The highest BCUT2D eigenvalue weighted by Gasteiger charge is 2.47. The van der Waals surface area contributed by atoms with Crippen molar-refractivity contribution in [3.63, 3.8) is 0 Å². The third-order valence-corrected chi connectivity index (χ3v) is 5.77. The SMILES string of the molecule is CCCOc1ccc(C2/C(=C(\O)c3ccc(C)cc3)C(=O)C(=O)N2c2cccc(OC)c2)cc1. The number of hydrogen-bond acceptors (Lipinski definition) is 5. The maximum absolute atomic E-state index is 13.3. The average Bonchev–Trinajstić information content (AvgIpc) is 3.13. The van der Waals surface area contributed by atoms with E-state index in [1.807, 2.05) is 50.2 Å². The normalized spacial score (nSPS) is 17.1. The van der Waals surface area contributed by atoms with Gasteiger partial charge in [0, 0.05) is 17.3 Å². The second-order valence-electron chi connectivity index (χ2n) is 8.15. The van der Waals surface area contributed by atoms with Crippen molar-refractivity contribution in [2.45, 2.75) is 26.3 Å². The smallest absolute Gasteiger partial charge is 0.300 e. The van der Waals surface area contributed by atoms with Crippen LogP contribution in [0.2, 0.25) is 0 Å². The lowest BCUT2D eigenvalue weighted by atomic mass is 9.95. The third-order valence-electron chi connectivity index (χ3n) is 5.77. The molecule has 0 saturated carbocycles. The first kappa shape index (κ1) is 23.1. The van der Waals surface area contributed by atoms with Crippen molar-refractivity contribution in [3.05, 3.63) is 95.1 Å². The Morgan fingerprint density at radius 3 is 2.32 bits per heavy atom. The Labute approximate surface area is 199 Å². The molecule has 1 heterocycles. The lowest BCUT2D eigenvalue weighted by Crippen LogP contribution is -2.29. The summed E-state index contributed by atoms with van der Waals surface area (Å²) in [6.07, 6.45) is 0.883. The van der Waals surface area contributed by atoms with Crippen molar-refractivity contribution in [1.29, 1.82) is 0 Å². The predicted molar refractivity (Wildman–Crippen MR) is 131 cm³/mol. The highest BCUT2D eigenvalue weighted by molar-refractivity contribution is 6.51. The number of aliphatic hydroxyl groups excluding tert-OH is 1. The fourth-order valence-electron chi connectivity index (χ4n) is 4.01. The number of aliphatic hydroxyl groups is 1. The molecule has 0 aliphatic carbocycles. The van der Waals surface area contributed by atoms with E-state index >= 15 is 0 Å². The van der Waals surface area contributed by atoms with Crippen LogP contribution in [0.15, 0.2) is 78.4 Å². The molecule has 6 heteroatoms. The zero-order valence-corrected chi connectivity index (χ0v) is 19.4. The second kappa shape index (κ2) is 9.83. The number of Topliss-reactive ketones (excluding diaryl/α,β-unsaturated/α-hetero) is 1. The third kappa shape index (κ3) is 4.39. The van der Waals surface area contributed by atoms with E-state index in [1.54, 1.807) is 36.4 Å². The summed E-state index contributed by atoms with van der Waals surface area (Å²) in [7, 11) is 1.54. The zero-order chi connectivity index (χ0) is 24.2. The van der Waals surface area contributed by atoms with Crippen LogP contribution < -0.4 is 14.4 Å². The fraction of sp³-hybridized carbons (Fsp3) is 0.214. The van der Waals surface area contributed by atoms with Gasteiger partial charge in [-0.3, -0.25) is 14.5 Å². The molecule has 6 nitrogen and oxygen atoms in total. The molecule has 0 bridgehead atoms. The quantitative estimate of drug-likeness (QED) is 0.291. The van der Waals surface area contributed by atoms with E-state index < -0.39 is 17.7 Å². The Hall–Kier alpha value is -4.06.